The van der Waals surface area contributed by atoms with Crippen LogP contribution in [0.15, 0.2) is 11.4 Å². The van der Waals surface area contributed by atoms with Crippen LogP contribution in [0.3, 0.4) is 0 Å². The van der Waals surface area contributed by atoms with Crippen molar-refractivity contribution in [2.24, 2.45) is 0 Å². The lowest BCUT2D eigenvalue weighted by molar-refractivity contribution is 0.0607. The van der Waals surface area contributed by atoms with Gasteiger partial charge in [0.05, 0.1) is 19.4 Å². The summed E-state index contributed by atoms with van der Waals surface area (Å²) in [5, 5.41) is 6.60. The number of carbonyl (C=O) groups excluding carboxylic acids is 2. The third kappa shape index (κ3) is 4.10. The zero-order chi connectivity index (χ0) is 13.4. The van der Waals surface area contributed by atoms with E-state index in [9.17, 15) is 9.59 Å². The van der Waals surface area contributed by atoms with Gasteiger partial charge in [-0.05, 0) is 29.3 Å². The molecule has 0 bridgehead atoms. The van der Waals surface area contributed by atoms with E-state index < -0.39 is 5.97 Å². The van der Waals surface area contributed by atoms with Crippen molar-refractivity contribution in [3.63, 3.8) is 0 Å². The second kappa shape index (κ2) is 7.80. The first kappa shape index (κ1) is 14.6. The van der Waals surface area contributed by atoms with Crippen molar-refractivity contribution in [2.75, 3.05) is 19.0 Å². The lowest BCUT2D eigenvalue weighted by atomic mass is 10.4. The van der Waals surface area contributed by atoms with Gasteiger partial charge in [0.15, 0.2) is 10.3 Å². The second-order valence-electron chi connectivity index (χ2n) is 2.83. The van der Waals surface area contributed by atoms with Gasteiger partial charge in [0, 0.05) is 0 Å². The van der Waals surface area contributed by atoms with Crippen LogP contribution < -0.4 is 10.8 Å². The van der Waals surface area contributed by atoms with E-state index in [1.807, 2.05) is 0 Å². The summed E-state index contributed by atoms with van der Waals surface area (Å²) in [6.45, 7) is 2.22. The smallest absolute Gasteiger partial charge is 0.350 e. The number of hydrogen-bond acceptors (Lipinski definition) is 5. The van der Waals surface area contributed by atoms with Crippen molar-refractivity contribution in [1.29, 1.82) is 0 Å². The largest absolute Gasteiger partial charge is 0.465 e. The number of thiophene rings is 1. The van der Waals surface area contributed by atoms with Crippen molar-refractivity contribution < 1.29 is 19.2 Å². The summed E-state index contributed by atoms with van der Waals surface area (Å²) in [7, 11) is 2.07. The fourth-order valence-corrected chi connectivity index (χ4v) is 2.14. The van der Waals surface area contributed by atoms with E-state index >= 15 is 0 Å². The highest BCUT2D eigenvalue weighted by Crippen LogP contribution is 2.22. The Morgan fingerprint density at radius 3 is 3.00 bits per heavy atom. The average molecular weight is 288 g/mol. The van der Waals surface area contributed by atoms with E-state index in [0.29, 0.717) is 22.3 Å². The Morgan fingerprint density at radius 1 is 1.61 bits per heavy atom. The Labute approximate surface area is 111 Å². The lowest BCUT2D eigenvalue weighted by Gasteiger charge is -2.08. The molecule has 0 aliphatic rings. The third-order valence-electron chi connectivity index (χ3n) is 1.74. The number of methoxy groups -OCH3 is 1. The Kier molecular flexibility index (Phi) is 6.34. The van der Waals surface area contributed by atoms with Crippen LogP contribution in [0.4, 0.5) is 5.69 Å². The van der Waals surface area contributed by atoms with Crippen LogP contribution in [-0.2, 0) is 14.4 Å². The molecule has 0 saturated heterocycles. The molecule has 18 heavy (non-hydrogen) atoms. The molecule has 2 N–H and O–H groups in total. The molecule has 0 spiro atoms. The number of hydroxylamine groups is 1. The molecule has 8 heteroatoms. The zero-order valence-electron chi connectivity index (χ0n) is 9.81. The van der Waals surface area contributed by atoms with Gasteiger partial charge in [-0.3, -0.25) is 4.84 Å². The molecular weight excluding hydrogens is 276 g/mol. The molecule has 1 aromatic rings. The minimum absolute atomic E-state index is 0.329. The maximum Gasteiger partial charge on any atom is 0.350 e. The molecule has 0 fully saturated rings. The molecule has 1 rings (SSSR count). The Bertz CT molecular complexity index is 502. The molecule has 1 heterocycles. The van der Waals surface area contributed by atoms with E-state index in [1.165, 1.54) is 18.4 Å². The molecule has 0 aliphatic heterocycles. The number of anilines is 1. The number of nitrogens with one attached hydrogen (secondary N) is 2. The molecule has 0 aliphatic carbocycles. The standard InChI is InChI=1S/C10H12N2O4S2/c1-3-16-12-10(18-6-13)11-7-4-5-17-8(7)9(14)15-2/h4-5,11-12H,3H2,1-2H3. The molecule has 0 atom stereocenters. The minimum atomic E-state index is -0.441. The van der Waals surface area contributed by atoms with Gasteiger partial charge >= 0.3 is 5.97 Å². The predicted molar refractivity (Wildman–Crippen MR) is 72.3 cm³/mol. The monoisotopic (exact) mass is 288 g/mol. The van der Waals surface area contributed by atoms with Crippen molar-refractivity contribution in [2.45, 2.75) is 6.92 Å². The molecule has 0 amide bonds. The van der Waals surface area contributed by atoms with Crippen molar-refractivity contribution in [3.8, 4) is 0 Å². The summed E-state index contributed by atoms with van der Waals surface area (Å²) < 4.78 is 4.64. The molecule has 98 valence electrons. The van der Waals surface area contributed by atoms with Crippen LogP contribution in [0.1, 0.15) is 16.6 Å². The van der Waals surface area contributed by atoms with Crippen LogP contribution in [0.5, 0.6) is 0 Å². The minimum Gasteiger partial charge on any atom is -0.465 e. The van der Waals surface area contributed by atoms with Gasteiger partial charge in [-0.15, -0.1) is 16.8 Å². The predicted octanol–water partition coefficient (Wildman–Crippen LogP) is 1.38. The van der Waals surface area contributed by atoms with Crippen molar-refractivity contribution in [1.82, 2.24) is 5.48 Å². The first-order valence-corrected chi connectivity index (χ1v) is 6.64. The maximum absolute atomic E-state index is 11.5. The van der Waals surface area contributed by atoms with Gasteiger partial charge in [-0.25, -0.2) is 9.59 Å². The van der Waals surface area contributed by atoms with Crippen molar-refractivity contribution in [3.05, 3.63) is 16.3 Å². The van der Waals surface area contributed by atoms with E-state index in [4.69, 9.17) is 4.84 Å². The summed E-state index contributed by atoms with van der Waals surface area (Å²) in [5.41, 5.74) is 3.09. The van der Waals surface area contributed by atoms with E-state index in [-0.39, 0.29) is 0 Å². The number of carbonyl (C=O) groups is 1. The van der Waals surface area contributed by atoms with Crippen LogP contribution in [-0.4, -0.2) is 30.0 Å². The fraction of sp³-hybridized carbons (Fsp3) is 0.300. The summed E-state index contributed by atoms with van der Waals surface area (Å²) in [5.74, 6) is -0.441. The fourth-order valence-electron chi connectivity index (χ4n) is 1.03. The van der Waals surface area contributed by atoms with E-state index in [2.05, 4.69) is 15.5 Å². The normalized spacial score (nSPS) is 9.44. The van der Waals surface area contributed by atoms with Gasteiger partial charge in [0.25, 0.3) is 0 Å². The topological polar surface area (TPSA) is 76.7 Å². The number of rotatable bonds is 4. The zero-order valence-corrected chi connectivity index (χ0v) is 11.4. The Balaban J connectivity index is 2.88. The quantitative estimate of drug-likeness (QED) is 0.495. The average Bonchev–Trinajstić information content (AvgIpc) is 2.83. The third-order valence-corrected chi connectivity index (χ3v) is 3.10. The molecule has 0 aromatic carbocycles. The summed E-state index contributed by atoms with van der Waals surface area (Å²) in [6, 6.07) is 1.70. The first-order chi connectivity index (χ1) is 8.72. The summed E-state index contributed by atoms with van der Waals surface area (Å²) in [6.07, 6.45) is 0. The van der Waals surface area contributed by atoms with Crippen LogP contribution in [0, 0.1) is 0 Å². The second-order valence-corrected chi connectivity index (χ2v) is 4.52. The van der Waals surface area contributed by atoms with E-state index in [0.717, 1.165) is 10.9 Å². The SMILES string of the molecule is CCONC(Nc1ccsc1C(=O)OC)=S=C=O. The van der Waals surface area contributed by atoms with Gasteiger partial charge in [0.1, 0.15) is 4.88 Å². The number of hydrogen-bond donors (Lipinski definition) is 2. The highest BCUT2D eigenvalue weighted by Gasteiger charge is 2.14. The summed E-state index contributed by atoms with van der Waals surface area (Å²) >= 11 is 1.24. The molecule has 0 radical (unpaired) electrons. The molecular formula is C10H12N2O4S2. The number of esters is 1. The van der Waals surface area contributed by atoms with Crippen LogP contribution in [0.25, 0.3) is 0 Å². The molecule has 0 saturated carbocycles. The molecule has 0 unspecified atom stereocenters. The van der Waals surface area contributed by atoms with Gasteiger partial charge < -0.3 is 10.1 Å². The Morgan fingerprint density at radius 2 is 2.39 bits per heavy atom. The first-order valence-electron chi connectivity index (χ1n) is 4.94. The van der Waals surface area contributed by atoms with E-state index in [1.54, 1.807) is 23.6 Å². The van der Waals surface area contributed by atoms with Gasteiger partial charge in [-0.1, -0.05) is 0 Å². The Hall–Kier alpha value is -1.44. The highest BCUT2D eigenvalue weighted by atomic mass is 32.1. The van der Waals surface area contributed by atoms with Gasteiger partial charge in [-0.2, -0.15) is 0 Å². The van der Waals surface area contributed by atoms with Crippen molar-refractivity contribution >= 4 is 44.3 Å². The van der Waals surface area contributed by atoms with Crippen LogP contribution in [0.2, 0.25) is 0 Å². The summed E-state index contributed by atoms with van der Waals surface area (Å²) in [4.78, 5) is 27.2. The molecule has 6 nitrogen and oxygen atoms in total. The molecule has 1 aromatic heterocycles. The number of ether oxygens (including phenoxy) is 1. The lowest BCUT2D eigenvalue weighted by Crippen LogP contribution is -2.29. The van der Waals surface area contributed by atoms with Gasteiger partial charge in [0.2, 0.25) is 0 Å². The highest BCUT2D eigenvalue weighted by molar-refractivity contribution is 7.96. The van der Waals surface area contributed by atoms with Crippen LogP contribution >= 0.6 is 22.3 Å². The maximum atomic E-state index is 11.5.